The smallest absolute Gasteiger partial charge is 0.261 e. The molecule has 0 aliphatic carbocycles. The highest BCUT2D eigenvalue weighted by atomic mass is 35.5. The molecule has 9 nitrogen and oxygen atoms in total. The molecule has 0 saturated carbocycles. The molecule has 2 aliphatic rings. The molecule has 5 rings (SSSR count). The Balaban J connectivity index is 1.26. The van der Waals surface area contributed by atoms with Crippen molar-refractivity contribution in [3.8, 4) is 5.69 Å². The molecular formula is C27H27ClFN5O4S. The van der Waals surface area contributed by atoms with Gasteiger partial charge >= 0.3 is 0 Å². The summed E-state index contributed by atoms with van der Waals surface area (Å²) in [6.45, 7) is 1.49. The maximum atomic E-state index is 14.9. The van der Waals surface area contributed by atoms with E-state index >= 15 is 0 Å². The summed E-state index contributed by atoms with van der Waals surface area (Å²) < 4.78 is 16.7. The molecule has 2 aliphatic heterocycles. The zero-order valence-electron chi connectivity index (χ0n) is 20.9. The van der Waals surface area contributed by atoms with Gasteiger partial charge in [0.05, 0.1) is 27.1 Å². The van der Waals surface area contributed by atoms with Crippen molar-refractivity contribution in [3.05, 3.63) is 80.1 Å². The van der Waals surface area contributed by atoms with Crippen molar-refractivity contribution in [2.45, 2.75) is 31.3 Å². The summed E-state index contributed by atoms with van der Waals surface area (Å²) >= 11 is 7.15. The largest absolute Gasteiger partial charge is 0.347 e. The summed E-state index contributed by atoms with van der Waals surface area (Å²) in [5, 5.41) is 5.62. The van der Waals surface area contributed by atoms with E-state index < -0.39 is 11.7 Å². The van der Waals surface area contributed by atoms with Crippen LogP contribution in [0.5, 0.6) is 0 Å². The third-order valence-electron chi connectivity index (χ3n) is 6.94. The fourth-order valence-corrected chi connectivity index (χ4v) is 6.03. The average molecular weight is 572 g/mol. The molecule has 2 aromatic heterocycles. The minimum absolute atomic E-state index is 0.00220. The predicted molar refractivity (Wildman–Crippen MR) is 147 cm³/mol. The lowest BCUT2D eigenvalue weighted by molar-refractivity contribution is -0.128. The standard InChI is InChI=1S/C27H27ClFN5O4S/c28-23-9-8-22(39-23)27(38)30-17-12-19(15-32-10-3-5-25(32)36)33(14-17)16-24(35)31-21-7-6-18(13-20(21)29)34-11-2-1-4-26(34)37/h1-2,4,6-9,11,13,17,19H,3,5,10,12,14-16H2,(H,30,38)(H,31,35)/t17-,19+/m1/s1. The Morgan fingerprint density at radius 1 is 1.13 bits per heavy atom. The zero-order chi connectivity index (χ0) is 27.5. The van der Waals surface area contributed by atoms with E-state index in [9.17, 15) is 23.6 Å². The number of likely N-dealkylation sites (tertiary alicyclic amines) is 2. The topological polar surface area (TPSA) is 104 Å². The fourth-order valence-electron chi connectivity index (χ4n) is 5.09. The van der Waals surface area contributed by atoms with Crippen LogP contribution in [0.1, 0.15) is 28.9 Å². The van der Waals surface area contributed by atoms with Crippen molar-refractivity contribution >= 4 is 46.3 Å². The molecule has 3 amide bonds. The van der Waals surface area contributed by atoms with Crippen molar-refractivity contribution in [3.63, 3.8) is 0 Å². The van der Waals surface area contributed by atoms with E-state index in [0.29, 0.717) is 47.4 Å². The molecule has 39 heavy (non-hydrogen) atoms. The van der Waals surface area contributed by atoms with E-state index in [4.69, 9.17) is 11.6 Å². The van der Waals surface area contributed by atoms with Crippen LogP contribution in [0.2, 0.25) is 4.34 Å². The van der Waals surface area contributed by atoms with Gasteiger partial charge in [-0.15, -0.1) is 11.3 Å². The summed E-state index contributed by atoms with van der Waals surface area (Å²) in [6.07, 6.45) is 3.42. The van der Waals surface area contributed by atoms with Crippen molar-refractivity contribution in [2.24, 2.45) is 0 Å². The SMILES string of the molecule is O=C(CN1C[C@H](NC(=O)c2ccc(Cl)s2)C[C@H]1CN1CCCC1=O)Nc1ccc(-n2ccccc2=O)cc1F. The fraction of sp³-hybridized carbons (Fsp3) is 0.333. The number of benzene rings is 1. The van der Waals surface area contributed by atoms with Gasteiger partial charge < -0.3 is 15.5 Å². The predicted octanol–water partition coefficient (Wildman–Crippen LogP) is 3.13. The summed E-state index contributed by atoms with van der Waals surface area (Å²) in [5.41, 5.74) is 0.0447. The van der Waals surface area contributed by atoms with Gasteiger partial charge in [0.1, 0.15) is 5.82 Å². The number of hydrogen-bond donors (Lipinski definition) is 2. The first-order chi connectivity index (χ1) is 18.8. The van der Waals surface area contributed by atoms with Gasteiger partial charge in [-0.05, 0) is 43.2 Å². The van der Waals surface area contributed by atoms with E-state index in [-0.39, 0.29) is 41.7 Å². The summed E-state index contributed by atoms with van der Waals surface area (Å²) in [6, 6.07) is 11.8. The second-order valence-corrected chi connectivity index (χ2v) is 11.4. The first kappa shape index (κ1) is 27.0. The summed E-state index contributed by atoms with van der Waals surface area (Å²) in [5.74, 6) is -1.25. The monoisotopic (exact) mass is 571 g/mol. The maximum absolute atomic E-state index is 14.9. The Morgan fingerprint density at radius 3 is 2.67 bits per heavy atom. The highest BCUT2D eigenvalue weighted by Gasteiger charge is 2.37. The normalized spacial score (nSPS) is 19.4. The van der Waals surface area contributed by atoms with Crippen LogP contribution >= 0.6 is 22.9 Å². The van der Waals surface area contributed by atoms with Gasteiger partial charge in [0.15, 0.2) is 0 Å². The third-order valence-corrected chi connectivity index (χ3v) is 8.17. The van der Waals surface area contributed by atoms with E-state index in [1.165, 1.54) is 40.3 Å². The molecule has 2 fully saturated rings. The van der Waals surface area contributed by atoms with Crippen LogP contribution in [0.25, 0.3) is 5.69 Å². The number of pyridine rings is 1. The molecule has 2 saturated heterocycles. The molecule has 0 bridgehead atoms. The molecule has 0 radical (unpaired) electrons. The van der Waals surface area contributed by atoms with Crippen LogP contribution in [0.4, 0.5) is 10.1 Å². The molecule has 3 aromatic rings. The van der Waals surface area contributed by atoms with E-state index in [0.717, 1.165) is 6.42 Å². The number of halogens is 2. The number of thiophene rings is 1. The lowest BCUT2D eigenvalue weighted by Gasteiger charge is -2.27. The number of nitrogens with one attached hydrogen (secondary N) is 2. The van der Waals surface area contributed by atoms with Gasteiger partial charge in [0.2, 0.25) is 11.8 Å². The number of carbonyl (C=O) groups excluding carboxylic acids is 3. The second-order valence-electron chi connectivity index (χ2n) is 9.66. The van der Waals surface area contributed by atoms with Crippen molar-refractivity contribution in [1.82, 2.24) is 19.7 Å². The van der Waals surface area contributed by atoms with Gasteiger partial charge in [-0.2, -0.15) is 0 Å². The summed E-state index contributed by atoms with van der Waals surface area (Å²) in [7, 11) is 0. The zero-order valence-corrected chi connectivity index (χ0v) is 22.5. The Bertz CT molecular complexity index is 1460. The molecule has 204 valence electrons. The first-order valence-electron chi connectivity index (χ1n) is 12.6. The molecule has 4 heterocycles. The molecular weight excluding hydrogens is 545 g/mol. The average Bonchev–Trinajstić information content (AvgIpc) is 3.62. The van der Waals surface area contributed by atoms with Crippen molar-refractivity contribution < 1.29 is 18.8 Å². The number of anilines is 1. The number of aromatic nitrogens is 1. The lowest BCUT2D eigenvalue weighted by Crippen LogP contribution is -2.44. The Morgan fingerprint density at radius 2 is 1.97 bits per heavy atom. The summed E-state index contributed by atoms with van der Waals surface area (Å²) in [4.78, 5) is 54.2. The van der Waals surface area contributed by atoms with Crippen LogP contribution in [0, 0.1) is 5.82 Å². The van der Waals surface area contributed by atoms with Gasteiger partial charge in [0.25, 0.3) is 11.5 Å². The van der Waals surface area contributed by atoms with E-state index in [1.54, 1.807) is 35.2 Å². The first-order valence-corrected chi connectivity index (χ1v) is 13.8. The van der Waals surface area contributed by atoms with Crippen LogP contribution in [-0.4, -0.2) is 70.4 Å². The molecule has 0 unspecified atom stereocenters. The number of amides is 3. The Hall–Kier alpha value is -3.54. The van der Waals surface area contributed by atoms with Gasteiger partial charge in [0, 0.05) is 56.5 Å². The molecule has 0 spiro atoms. The lowest BCUT2D eigenvalue weighted by atomic mass is 10.1. The number of nitrogens with zero attached hydrogens (tertiary/aromatic N) is 3. The minimum atomic E-state index is -0.669. The molecule has 2 N–H and O–H groups in total. The quantitative estimate of drug-likeness (QED) is 0.432. The van der Waals surface area contributed by atoms with Gasteiger partial charge in [-0.25, -0.2) is 4.39 Å². The van der Waals surface area contributed by atoms with Gasteiger partial charge in [-0.1, -0.05) is 17.7 Å². The third kappa shape index (κ3) is 6.38. The van der Waals surface area contributed by atoms with Crippen molar-refractivity contribution in [2.75, 3.05) is 31.5 Å². The molecule has 1 aromatic carbocycles. The number of hydrogen-bond acceptors (Lipinski definition) is 6. The second kappa shape index (κ2) is 11.7. The van der Waals surface area contributed by atoms with Crippen LogP contribution in [0.3, 0.4) is 0 Å². The Kier molecular flexibility index (Phi) is 8.10. The van der Waals surface area contributed by atoms with E-state index in [2.05, 4.69) is 10.6 Å². The Labute approximate surface area is 233 Å². The van der Waals surface area contributed by atoms with E-state index in [1.807, 2.05) is 4.90 Å². The highest BCUT2D eigenvalue weighted by Crippen LogP contribution is 2.25. The molecule has 2 atom stereocenters. The van der Waals surface area contributed by atoms with Crippen LogP contribution in [-0.2, 0) is 9.59 Å². The van der Waals surface area contributed by atoms with Gasteiger partial charge in [-0.3, -0.25) is 28.6 Å². The van der Waals surface area contributed by atoms with Crippen LogP contribution in [0.15, 0.2) is 59.5 Å². The highest BCUT2D eigenvalue weighted by molar-refractivity contribution is 7.18. The minimum Gasteiger partial charge on any atom is -0.347 e. The molecule has 12 heteroatoms. The van der Waals surface area contributed by atoms with Crippen molar-refractivity contribution in [1.29, 1.82) is 0 Å². The maximum Gasteiger partial charge on any atom is 0.261 e. The number of carbonyl (C=O) groups is 3. The van der Waals surface area contributed by atoms with Crippen LogP contribution < -0.4 is 16.2 Å². The number of rotatable bonds is 8.